The Bertz CT molecular complexity index is 950. The predicted molar refractivity (Wildman–Crippen MR) is 120 cm³/mol. The van der Waals surface area contributed by atoms with Crippen LogP contribution in [0, 0.1) is 5.82 Å². The minimum Gasteiger partial charge on any atom is -0.396 e. The van der Waals surface area contributed by atoms with Gasteiger partial charge in [-0.2, -0.15) is 0 Å². The summed E-state index contributed by atoms with van der Waals surface area (Å²) in [6, 6.07) is 16.9. The standard InChI is InChI=1S/C22H23FIN3O/c23-17-8-6-16(7-9-17)19-14-22(25-20-5-2-1-4-18(19)20)27-12-11-26(10-3-13-28)15-21(27)24/h1-2,4-9,14,21,28H,3,10-13,15H2. The molecule has 1 N–H and O–H groups in total. The molecule has 28 heavy (non-hydrogen) atoms. The lowest BCUT2D eigenvalue weighted by Gasteiger charge is -2.39. The number of nitrogens with zero attached hydrogens (tertiary/aromatic N) is 3. The number of aliphatic hydroxyl groups excluding tert-OH is 1. The van der Waals surface area contributed by atoms with Gasteiger partial charge in [0.05, 0.1) is 9.57 Å². The van der Waals surface area contributed by atoms with Gasteiger partial charge >= 0.3 is 0 Å². The SMILES string of the molecule is OCCCN1CCN(c2cc(-c3ccc(F)cc3)c3ccccc3n2)C(I)C1. The van der Waals surface area contributed by atoms with Crippen LogP contribution in [0.25, 0.3) is 22.0 Å². The lowest BCUT2D eigenvalue weighted by atomic mass is 10.0. The number of fused-ring (bicyclic) bond motifs is 1. The molecular weight excluding hydrogens is 468 g/mol. The van der Waals surface area contributed by atoms with Gasteiger partial charge in [0.15, 0.2) is 0 Å². The quantitative estimate of drug-likeness (QED) is 0.328. The summed E-state index contributed by atoms with van der Waals surface area (Å²) in [5.41, 5.74) is 3.02. The Hall–Kier alpha value is -1.77. The molecule has 4 rings (SSSR count). The molecule has 1 aromatic heterocycles. The van der Waals surface area contributed by atoms with Gasteiger partial charge in [-0.25, -0.2) is 9.37 Å². The molecule has 1 atom stereocenters. The summed E-state index contributed by atoms with van der Waals surface area (Å²) in [5.74, 6) is 0.730. The van der Waals surface area contributed by atoms with Gasteiger partial charge in [-0.1, -0.05) is 52.9 Å². The summed E-state index contributed by atoms with van der Waals surface area (Å²) in [6.07, 6.45) is 0.812. The van der Waals surface area contributed by atoms with Crippen molar-refractivity contribution in [2.75, 3.05) is 37.7 Å². The van der Waals surface area contributed by atoms with Gasteiger partial charge in [0.25, 0.3) is 0 Å². The highest BCUT2D eigenvalue weighted by Gasteiger charge is 2.26. The fourth-order valence-electron chi connectivity index (χ4n) is 3.72. The molecule has 1 saturated heterocycles. The Kier molecular flexibility index (Phi) is 6.08. The van der Waals surface area contributed by atoms with Crippen LogP contribution in [0.2, 0.25) is 0 Å². The van der Waals surface area contributed by atoms with E-state index in [9.17, 15) is 4.39 Å². The van der Waals surface area contributed by atoms with E-state index >= 15 is 0 Å². The number of piperazine rings is 1. The zero-order chi connectivity index (χ0) is 19.5. The van der Waals surface area contributed by atoms with Crippen LogP contribution in [0.3, 0.4) is 0 Å². The Morgan fingerprint density at radius 2 is 1.89 bits per heavy atom. The normalized spacial score (nSPS) is 18.0. The van der Waals surface area contributed by atoms with Gasteiger partial charge in [0.2, 0.25) is 0 Å². The summed E-state index contributed by atoms with van der Waals surface area (Å²) in [6.45, 7) is 3.96. The Morgan fingerprint density at radius 1 is 1.11 bits per heavy atom. The number of halogens is 2. The molecule has 0 spiro atoms. The molecule has 2 heterocycles. The van der Waals surface area contributed by atoms with Crippen LogP contribution in [-0.2, 0) is 0 Å². The van der Waals surface area contributed by atoms with E-state index in [-0.39, 0.29) is 12.4 Å². The van der Waals surface area contributed by atoms with Gasteiger partial charge in [0.1, 0.15) is 11.6 Å². The molecule has 2 aromatic carbocycles. The molecule has 1 fully saturated rings. The zero-order valence-corrected chi connectivity index (χ0v) is 17.7. The largest absolute Gasteiger partial charge is 0.396 e. The first-order chi connectivity index (χ1) is 13.7. The van der Waals surface area contributed by atoms with Crippen molar-refractivity contribution in [3.05, 3.63) is 60.4 Å². The third-order valence-corrected chi connectivity index (χ3v) is 6.26. The van der Waals surface area contributed by atoms with Crippen molar-refractivity contribution in [2.45, 2.75) is 10.5 Å². The second kappa shape index (κ2) is 8.71. The number of aromatic nitrogens is 1. The average Bonchev–Trinajstić information content (AvgIpc) is 2.72. The van der Waals surface area contributed by atoms with Crippen LogP contribution in [0.1, 0.15) is 6.42 Å². The fourth-order valence-corrected chi connectivity index (χ4v) is 4.85. The Balaban J connectivity index is 1.69. The number of alkyl halides is 1. The minimum atomic E-state index is -0.228. The first-order valence-corrected chi connectivity index (χ1v) is 10.8. The number of benzene rings is 2. The minimum absolute atomic E-state index is 0.228. The van der Waals surface area contributed by atoms with Crippen LogP contribution in [0.15, 0.2) is 54.6 Å². The van der Waals surface area contributed by atoms with E-state index in [1.165, 1.54) is 12.1 Å². The number of rotatable bonds is 5. The van der Waals surface area contributed by atoms with Crippen molar-refractivity contribution >= 4 is 39.3 Å². The highest BCUT2D eigenvalue weighted by Crippen LogP contribution is 2.33. The van der Waals surface area contributed by atoms with Gasteiger partial charge in [0, 0.05) is 38.2 Å². The van der Waals surface area contributed by atoms with Crippen molar-refractivity contribution in [1.82, 2.24) is 9.88 Å². The maximum Gasteiger partial charge on any atom is 0.130 e. The van der Waals surface area contributed by atoms with Gasteiger partial charge in [-0.05, 0) is 41.8 Å². The fraction of sp³-hybridized carbons (Fsp3) is 0.318. The monoisotopic (exact) mass is 491 g/mol. The molecule has 0 radical (unpaired) electrons. The summed E-state index contributed by atoms with van der Waals surface area (Å²) in [7, 11) is 0. The van der Waals surface area contributed by atoms with Crippen LogP contribution >= 0.6 is 22.6 Å². The number of hydrogen-bond donors (Lipinski definition) is 1. The van der Waals surface area contributed by atoms with Crippen LogP contribution < -0.4 is 4.90 Å². The number of para-hydroxylation sites is 1. The topological polar surface area (TPSA) is 39.6 Å². The van der Waals surface area contributed by atoms with Gasteiger partial charge < -0.3 is 10.0 Å². The molecule has 1 aliphatic rings. The van der Waals surface area contributed by atoms with Crippen LogP contribution in [-0.4, -0.2) is 51.8 Å². The summed E-state index contributed by atoms with van der Waals surface area (Å²) in [4.78, 5) is 9.67. The van der Waals surface area contributed by atoms with E-state index in [2.05, 4.69) is 44.5 Å². The van der Waals surface area contributed by atoms with E-state index in [1.54, 1.807) is 0 Å². The molecule has 3 aromatic rings. The van der Waals surface area contributed by atoms with E-state index in [4.69, 9.17) is 10.1 Å². The highest BCUT2D eigenvalue weighted by molar-refractivity contribution is 14.1. The van der Waals surface area contributed by atoms with Crippen molar-refractivity contribution in [3.63, 3.8) is 0 Å². The summed E-state index contributed by atoms with van der Waals surface area (Å²) < 4.78 is 13.7. The molecule has 4 nitrogen and oxygen atoms in total. The first kappa shape index (κ1) is 19.5. The molecule has 146 valence electrons. The smallest absolute Gasteiger partial charge is 0.130 e. The highest BCUT2D eigenvalue weighted by atomic mass is 127. The number of aliphatic hydroxyl groups is 1. The van der Waals surface area contributed by atoms with Crippen molar-refractivity contribution < 1.29 is 9.50 Å². The molecule has 6 heteroatoms. The van der Waals surface area contributed by atoms with Crippen LogP contribution in [0.4, 0.5) is 10.2 Å². The van der Waals surface area contributed by atoms with E-state index in [1.807, 2.05) is 30.3 Å². The van der Waals surface area contributed by atoms with E-state index in [0.717, 1.165) is 60.4 Å². The molecule has 0 saturated carbocycles. The number of hydrogen-bond acceptors (Lipinski definition) is 4. The van der Waals surface area contributed by atoms with E-state index < -0.39 is 0 Å². The second-order valence-corrected chi connectivity index (χ2v) is 8.50. The van der Waals surface area contributed by atoms with Crippen molar-refractivity contribution in [1.29, 1.82) is 0 Å². The molecule has 0 aliphatic carbocycles. The zero-order valence-electron chi connectivity index (χ0n) is 15.6. The first-order valence-electron chi connectivity index (χ1n) is 9.55. The molecule has 1 unspecified atom stereocenters. The second-order valence-electron chi connectivity index (χ2n) is 7.06. The lowest BCUT2D eigenvalue weighted by molar-refractivity contribution is 0.213. The number of pyridine rings is 1. The van der Waals surface area contributed by atoms with Crippen molar-refractivity contribution in [3.8, 4) is 11.1 Å². The molecule has 0 bridgehead atoms. The number of anilines is 1. The summed E-state index contributed by atoms with van der Waals surface area (Å²) in [5, 5.41) is 10.2. The van der Waals surface area contributed by atoms with Crippen LogP contribution in [0.5, 0.6) is 0 Å². The molecular formula is C22H23FIN3O. The van der Waals surface area contributed by atoms with Gasteiger partial charge in [-0.3, -0.25) is 4.90 Å². The van der Waals surface area contributed by atoms with Gasteiger partial charge in [-0.15, -0.1) is 0 Å². The maximum atomic E-state index is 13.4. The predicted octanol–water partition coefficient (Wildman–Crippen LogP) is 4.31. The molecule has 0 amide bonds. The third kappa shape index (κ3) is 4.14. The average molecular weight is 491 g/mol. The third-order valence-electron chi connectivity index (χ3n) is 5.19. The maximum absolute atomic E-state index is 13.4. The van der Waals surface area contributed by atoms with E-state index in [0.29, 0.717) is 4.05 Å². The Morgan fingerprint density at radius 3 is 2.64 bits per heavy atom. The summed E-state index contributed by atoms with van der Waals surface area (Å²) >= 11 is 2.48. The molecule has 1 aliphatic heterocycles. The Labute approximate surface area is 178 Å². The lowest BCUT2D eigenvalue weighted by Crippen LogP contribution is -2.51. The van der Waals surface area contributed by atoms with Crippen molar-refractivity contribution in [2.24, 2.45) is 0 Å².